The quantitative estimate of drug-likeness (QED) is 0.682. The van der Waals surface area contributed by atoms with Crippen LogP contribution in [-0.2, 0) is 5.88 Å². The summed E-state index contributed by atoms with van der Waals surface area (Å²) in [6.45, 7) is 1.95. The fourth-order valence-electron chi connectivity index (χ4n) is 1.57. The van der Waals surface area contributed by atoms with Crippen molar-refractivity contribution >= 4 is 27.5 Å². The third-order valence-electron chi connectivity index (χ3n) is 2.54. The summed E-state index contributed by atoms with van der Waals surface area (Å²) in [4.78, 5) is 0. The zero-order chi connectivity index (χ0) is 13.1. The fraction of sp³-hybridized carbons (Fsp3) is 0.143. The van der Waals surface area contributed by atoms with Crippen LogP contribution in [0.1, 0.15) is 11.1 Å². The number of halogens is 3. The lowest BCUT2D eigenvalue weighted by atomic mass is 10.2. The van der Waals surface area contributed by atoms with Gasteiger partial charge in [-0.15, -0.1) is 11.6 Å². The van der Waals surface area contributed by atoms with Gasteiger partial charge in [0.15, 0.2) is 11.6 Å². The van der Waals surface area contributed by atoms with E-state index in [0.29, 0.717) is 11.3 Å². The molecule has 0 aliphatic carbocycles. The molecule has 0 N–H and O–H groups in total. The Morgan fingerprint density at radius 3 is 2.72 bits per heavy atom. The highest BCUT2D eigenvalue weighted by Crippen LogP contribution is 2.31. The van der Waals surface area contributed by atoms with Crippen molar-refractivity contribution in [3.8, 4) is 11.5 Å². The molecule has 0 atom stereocenters. The molecule has 0 fully saturated rings. The van der Waals surface area contributed by atoms with Crippen molar-refractivity contribution < 1.29 is 9.13 Å². The lowest BCUT2D eigenvalue weighted by molar-refractivity contribution is 0.438. The maximum atomic E-state index is 13.7. The summed E-state index contributed by atoms with van der Waals surface area (Å²) in [6, 6.07) is 10.2. The number of aryl methyl sites for hydroxylation is 1. The predicted molar refractivity (Wildman–Crippen MR) is 74.9 cm³/mol. The average molecular weight is 330 g/mol. The highest BCUT2D eigenvalue weighted by atomic mass is 79.9. The van der Waals surface area contributed by atoms with Gasteiger partial charge in [-0.2, -0.15) is 0 Å². The van der Waals surface area contributed by atoms with Crippen LogP contribution < -0.4 is 4.74 Å². The Labute approximate surface area is 119 Å². The van der Waals surface area contributed by atoms with Crippen molar-refractivity contribution in [2.45, 2.75) is 12.8 Å². The second kappa shape index (κ2) is 5.72. The first kappa shape index (κ1) is 13.4. The van der Waals surface area contributed by atoms with Gasteiger partial charge < -0.3 is 4.74 Å². The van der Waals surface area contributed by atoms with Gasteiger partial charge in [0.2, 0.25) is 0 Å². The van der Waals surface area contributed by atoms with Crippen molar-refractivity contribution in [2.75, 3.05) is 0 Å². The lowest BCUT2D eigenvalue weighted by Crippen LogP contribution is -1.93. The molecule has 4 heteroatoms. The number of rotatable bonds is 3. The second-order valence-electron chi connectivity index (χ2n) is 3.87. The van der Waals surface area contributed by atoms with Crippen molar-refractivity contribution in [3.05, 3.63) is 57.8 Å². The minimum absolute atomic E-state index is 0.189. The maximum absolute atomic E-state index is 13.7. The van der Waals surface area contributed by atoms with Gasteiger partial charge >= 0.3 is 0 Å². The highest BCUT2D eigenvalue weighted by Gasteiger charge is 2.10. The molecule has 94 valence electrons. The second-order valence-corrected chi connectivity index (χ2v) is 5.00. The van der Waals surface area contributed by atoms with Crippen LogP contribution in [0.15, 0.2) is 40.9 Å². The van der Waals surface area contributed by atoms with Gasteiger partial charge in [-0.3, -0.25) is 0 Å². The zero-order valence-corrected chi connectivity index (χ0v) is 12.1. The van der Waals surface area contributed by atoms with E-state index in [1.807, 2.05) is 19.1 Å². The summed E-state index contributed by atoms with van der Waals surface area (Å²) < 4.78 is 20.3. The number of benzene rings is 2. The van der Waals surface area contributed by atoms with Gasteiger partial charge in [0, 0.05) is 10.0 Å². The molecule has 0 aliphatic rings. The first-order valence-corrected chi connectivity index (χ1v) is 6.72. The van der Waals surface area contributed by atoms with Crippen LogP contribution in [0.5, 0.6) is 11.5 Å². The monoisotopic (exact) mass is 328 g/mol. The van der Waals surface area contributed by atoms with E-state index in [-0.39, 0.29) is 11.6 Å². The van der Waals surface area contributed by atoms with Gasteiger partial charge in [-0.1, -0.05) is 28.1 Å². The predicted octanol–water partition coefficient (Wildman–Crippen LogP) is 5.43. The molecule has 18 heavy (non-hydrogen) atoms. The molecule has 0 amide bonds. The number of alkyl halides is 1. The van der Waals surface area contributed by atoms with Gasteiger partial charge in [0.05, 0.1) is 5.88 Å². The third kappa shape index (κ3) is 2.85. The van der Waals surface area contributed by atoms with E-state index < -0.39 is 5.82 Å². The van der Waals surface area contributed by atoms with Crippen molar-refractivity contribution in [1.82, 2.24) is 0 Å². The zero-order valence-electron chi connectivity index (χ0n) is 9.71. The van der Waals surface area contributed by atoms with Crippen LogP contribution in [0.25, 0.3) is 0 Å². The Hall–Kier alpha value is -1.06. The van der Waals surface area contributed by atoms with E-state index in [1.165, 1.54) is 6.07 Å². The minimum atomic E-state index is -0.409. The third-order valence-corrected chi connectivity index (χ3v) is 3.72. The van der Waals surface area contributed by atoms with E-state index in [9.17, 15) is 4.39 Å². The first-order chi connectivity index (χ1) is 8.61. The Balaban J connectivity index is 2.36. The normalized spacial score (nSPS) is 10.4. The smallest absolute Gasteiger partial charge is 0.167 e. The molecule has 2 aromatic carbocycles. The van der Waals surface area contributed by atoms with E-state index in [0.717, 1.165) is 10.0 Å². The Bertz CT molecular complexity index is 572. The summed E-state index contributed by atoms with van der Waals surface area (Å²) in [5.74, 6) is 0.581. The summed E-state index contributed by atoms with van der Waals surface area (Å²) in [5, 5.41) is 0. The van der Waals surface area contributed by atoms with Crippen LogP contribution in [0.3, 0.4) is 0 Å². The van der Waals surface area contributed by atoms with Crippen molar-refractivity contribution in [2.24, 2.45) is 0 Å². The molecule has 0 bridgehead atoms. The number of para-hydroxylation sites is 1. The summed E-state index contributed by atoms with van der Waals surface area (Å²) in [5.41, 5.74) is 1.66. The van der Waals surface area contributed by atoms with Crippen molar-refractivity contribution in [3.63, 3.8) is 0 Å². The molecule has 0 spiro atoms. The van der Waals surface area contributed by atoms with Gasteiger partial charge in [-0.25, -0.2) is 4.39 Å². The molecular formula is C14H11BrClFO. The van der Waals surface area contributed by atoms with Crippen LogP contribution in [0, 0.1) is 12.7 Å². The lowest BCUT2D eigenvalue weighted by Gasteiger charge is -2.11. The van der Waals surface area contributed by atoms with E-state index in [4.69, 9.17) is 16.3 Å². The molecular weight excluding hydrogens is 319 g/mol. The van der Waals surface area contributed by atoms with E-state index in [2.05, 4.69) is 15.9 Å². The number of hydrogen-bond acceptors (Lipinski definition) is 1. The minimum Gasteiger partial charge on any atom is -0.454 e. The topological polar surface area (TPSA) is 9.23 Å². The van der Waals surface area contributed by atoms with Gasteiger partial charge in [-0.05, 0) is 36.8 Å². The molecule has 2 rings (SSSR count). The number of ether oxygens (including phenoxy) is 1. The molecule has 0 heterocycles. The number of hydrogen-bond donors (Lipinski definition) is 0. The largest absolute Gasteiger partial charge is 0.454 e. The molecule has 0 saturated heterocycles. The fourth-order valence-corrected chi connectivity index (χ4v) is 2.03. The van der Waals surface area contributed by atoms with E-state index >= 15 is 0 Å². The Morgan fingerprint density at radius 2 is 2.06 bits per heavy atom. The Morgan fingerprint density at radius 1 is 1.28 bits per heavy atom. The van der Waals surface area contributed by atoms with Crippen LogP contribution in [0.2, 0.25) is 0 Å². The molecule has 2 aromatic rings. The van der Waals surface area contributed by atoms with Crippen LogP contribution >= 0.6 is 27.5 Å². The summed E-state index contributed by atoms with van der Waals surface area (Å²) in [7, 11) is 0. The molecule has 0 aromatic heterocycles. The SMILES string of the molecule is Cc1cc(Oc2c(F)cccc2CCl)ccc1Br. The standard InChI is InChI=1S/C14H11BrClFO/c1-9-7-11(5-6-12(9)15)18-14-10(8-16)3-2-4-13(14)17/h2-7H,8H2,1H3. The van der Waals surface area contributed by atoms with Crippen LogP contribution in [-0.4, -0.2) is 0 Å². The van der Waals surface area contributed by atoms with Crippen molar-refractivity contribution in [1.29, 1.82) is 0 Å². The molecule has 1 nitrogen and oxygen atoms in total. The molecule has 0 radical (unpaired) electrons. The molecule has 0 saturated carbocycles. The summed E-state index contributed by atoms with van der Waals surface area (Å²) in [6.07, 6.45) is 0. The molecule has 0 unspecified atom stereocenters. The van der Waals surface area contributed by atoms with Gasteiger partial charge in [0.25, 0.3) is 0 Å². The summed E-state index contributed by atoms with van der Waals surface area (Å²) >= 11 is 9.18. The Kier molecular flexibility index (Phi) is 4.25. The maximum Gasteiger partial charge on any atom is 0.167 e. The highest BCUT2D eigenvalue weighted by molar-refractivity contribution is 9.10. The average Bonchev–Trinajstić information content (AvgIpc) is 2.36. The van der Waals surface area contributed by atoms with Gasteiger partial charge in [0.1, 0.15) is 5.75 Å². The first-order valence-electron chi connectivity index (χ1n) is 5.39. The molecule has 0 aliphatic heterocycles. The van der Waals surface area contributed by atoms with Crippen LogP contribution in [0.4, 0.5) is 4.39 Å². The van der Waals surface area contributed by atoms with E-state index in [1.54, 1.807) is 18.2 Å².